The number of esters is 2. The van der Waals surface area contributed by atoms with Gasteiger partial charge in [0.25, 0.3) is 0 Å². The number of carbonyl (C=O) groups is 3. The Morgan fingerprint density at radius 1 is 0.683 bits per heavy atom. The highest BCUT2D eigenvalue weighted by Crippen LogP contribution is 2.18. The van der Waals surface area contributed by atoms with Gasteiger partial charge in [-0.25, -0.2) is 4.68 Å². The fraction of sp³-hybridized carbons (Fsp3) is 0.896. The summed E-state index contributed by atoms with van der Waals surface area (Å²) in [6.07, 6.45) is 30.3. The van der Waals surface area contributed by atoms with Gasteiger partial charge in [0.15, 0.2) is 6.10 Å². The van der Waals surface area contributed by atoms with Crippen LogP contribution in [0.5, 0.6) is 0 Å². The van der Waals surface area contributed by atoms with Crippen molar-refractivity contribution in [3.8, 4) is 0 Å². The van der Waals surface area contributed by atoms with Crippen molar-refractivity contribution in [3.63, 3.8) is 0 Å². The topological polar surface area (TPSA) is 151 Å². The fourth-order valence-electron chi connectivity index (χ4n) is 6.91. The normalized spacial score (nSPS) is 12.4. The van der Waals surface area contributed by atoms with E-state index in [0.717, 1.165) is 38.5 Å². The number of nitrogens with zero attached hydrogens (tertiary/aromatic N) is 3. The monoisotopic (exact) mass is 851 g/mol. The molecular weight excluding hydrogens is 761 g/mol. The summed E-state index contributed by atoms with van der Waals surface area (Å²) in [7, 11) is 0. The minimum atomic E-state index is -0.754. The molecule has 0 saturated heterocycles. The van der Waals surface area contributed by atoms with Gasteiger partial charge < -0.3 is 29.4 Å². The highest BCUT2D eigenvalue weighted by atomic mass is 16.6. The van der Waals surface area contributed by atoms with Gasteiger partial charge in [0, 0.05) is 45.0 Å². The van der Waals surface area contributed by atoms with Gasteiger partial charge in [0.1, 0.15) is 6.61 Å². The molecule has 1 aromatic heterocycles. The summed E-state index contributed by atoms with van der Waals surface area (Å²) in [5.41, 5.74) is -0.473. The van der Waals surface area contributed by atoms with Crippen LogP contribution in [0.15, 0.2) is 6.20 Å². The van der Waals surface area contributed by atoms with Crippen molar-refractivity contribution in [2.45, 2.75) is 245 Å². The second kappa shape index (κ2) is 36.0. The van der Waals surface area contributed by atoms with Gasteiger partial charge in [0.2, 0.25) is 5.91 Å². The van der Waals surface area contributed by atoms with E-state index in [1.54, 1.807) is 24.7 Å². The van der Waals surface area contributed by atoms with Crippen LogP contribution >= 0.6 is 0 Å². The molecule has 0 bridgehead atoms. The van der Waals surface area contributed by atoms with Crippen molar-refractivity contribution in [3.05, 3.63) is 11.9 Å². The number of amides is 1. The van der Waals surface area contributed by atoms with Crippen LogP contribution in [0.25, 0.3) is 0 Å². The molecule has 0 spiro atoms. The zero-order valence-corrected chi connectivity index (χ0v) is 39.3. The molecular formula is C48H90N4O8. The number of aliphatic hydroxyl groups is 1. The fourth-order valence-corrected chi connectivity index (χ4v) is 6.91. The first-order valence-electron chi connectivity index (χ1n) is 24.3. The molecule has 0 saturated carbocycles. The average molecular weight is 851 g/mol. The van der Waals surface area contributed by atoms with Crippen LogP contribution in [0.4, 0.5) is 0 Å². The quantitative estimate of drug-likeness (QED) is 0.0480. The van der Waals surface area contributed by atoms with Crippen molar-refractivity contribution >= 4 is 17.8 Å². The van der Waals surface area contributed by atoms with Gasteiger partial charge in [-0.3, -0.25) is 14.4 Å². The molecule has 12 heteroatoms. The Balaban J connectivity index is 2.46. The third kappa shape index (κ3) is 35.1. The van der Waals surface area contributed by atoms with Gasteiger partial charge in [-0.15, -0.1) is 5.10 Å². The molecule has 0 aliphatic heterocycles. The van der Waals surface area contributed by atoms with Gasteiger partial charge in [-0.05, 0) is 53.4 Å². The lowest BCUT2D eigenvalue weighted by Gasteiger charge is -2.27. The third-order valence-electron chi connectivity index (χ3n) is 10.9. The highest BCUT2D eigenvalue weighted by molar-refractivity contribution is 5.76. The lowest BCUT2D eigenvalue weighted by atomic mass is 10.0. The first-order chi connectivity index (χ1) is 28.8. The van der Waals surface area contributed by atoms with Crippen LogP contribution in [-0.2, 0) is 46.3 Å². The summed E-state index contributed by atoms with van der Waals surface area (Å²) >= 11 is 0. The van der Waals surface area contributed by atoms with Crippen LogP contribution < -0.4 is 5.32 Å². The lowest BCUT2D eigenvalue weighted by Crippen LogP contribution is -2.31. The number of hydrogen-bond donors (Lipinski definition) is 2. The standard InChI is InChI=1S/C48H90N4O8/c1-7-9-11-13-15-17-19-21-23-25-27-29-45(54)58-41-43(60-46(55)30-28-26-24-22-20-18-16-14-12-10-8-2)40-52-39-42(50-51-52)31-32-44(53)49-35-38-57-36-34-48(5,6)59-37-33-47(3,4)56/h39,43,56H,7-38,40-41H2,1-6H3,(H,49,53). The van der Waals surface area contributed by atoms with E-state index in [1.165, 1.54) is 103 Å². The SMILES string of the molecule is CCCCCCCCCCCCCC(=O)OCC(Cn1cc(CCC(=O)NCCOCCC(C)(C)OCCC(C)(C)O)nn1)OC(=O)CCCCCCCCCCCCC. The van der Waals surface area contributed by atoms with Crippen molar-refractivity contribution in [2.75, 3.05) is 33.0 Å². The smallest absolute Gasteiger partial charge is 0.306 e. The third-order valence-corrected chi connectivity index (χ3v) is 10.9. The van der Waals surface area contributed by atoms with E-state index in [0.29, 0.717) is 64.2 Å². The Morgan fingerprint density at radius 2 is 1.20 bits per heavy atom. The second-order valence-corrected chi connectivity index (χ2v) is 18.2. The molecule has 350 valence electrons. The van der Waals surface area contributed by atoms with E-state index in [1.807, 2.05) is 13.8 Å². The molecule has 1 aromatic rings. The maximum absolute atomic E-state index is 12.9. The van der Waals surface area contributed by atoms with E-state index in [2.05, 4.69) is 29.5 Å². The van der Waals surface area contributed by atoms with Crippen molar-refractivity contribution in [1.82, 2.24) is 20.3 Å². The Bertz CT molecular complexity index is 1200. The van der Waals surface area contributed by atoms with Crippen LogP contribution in [0.3, 0.4) is 0 Å². The van der Waals surface area contributed by atoms with E-state index >= 15 is 0 Å². The van der Waals surface area contributed by atoms with E-state index in [4.69, 9.17) is 18.9 Å². The Kier molecular flexibility index (Phi) is 33.2. The summed E-state index contributed by atoms with van der Waals surface area (Å²) in [6, 6.07) is 0. The Labute approximate surface area is 365 Å². The maximum Gasteiger partial charge on any atom is 0.306 e. The van der Waals surface area contributed by atoms with Crippen molar-refractivity contribution < 1.29 is 38.4 Å². The molecule has 1 atom stereocenters. The molecule has 0 fully saturated rings. The highest BCUT2D eigenvalue weighted by Gasteiger charge is 2.21. The van der Waals surface area contributed by atoms with Gasteiger partial charge in [-0.2, -0.15) is 0 Å². The summed E-state index contributed by atoms with van der Waals surface area (Å²) in [5.74, 6) is -0.677. The number of aryl methyl sites for hydroxylation is 1. The first-order valence-corrected chi connectivity index (χ1v) is 24.3. The molecule has 12 nitrogen and oxygen atoms in total. The number of carbonyl (C=O) groups excluding carboxylic acids is 3. The molecule has 1 rings (SSSR count). The number of nitrogens with one attached hydrogen (secondary N) is 1. The molecule has 0 aliphatic carbocycles. The number of ether oxygens (including phenoxy) is 4. The van der Waals surface area contributed by atoms with E-state index < -0.39 is 11.7 Å². The summed E-state index contributed by atoms with van der Waals surface area (Å²) in [5, 5.41) is 21.2. The molecule has 2 N–H and O–H groups in total. The number of rotatable bonds is 42. The van der Waals surface area contributed by atoms with Gasteiger partial charge in [-0.1, -0.05) is 147 Å². The lowest BCUT2D eigenvalue weighted by molar-refractivity contribution is -0.160. The van der Waals surface area contributed by atoms with Crippen molar-refractivity contribution in [1.29, 1.82) is 0 Å². The molecule has 1 heterocycles. The predicted molar refractivity (Wildman–Crippen MR) is 241 cm³/mol. The molecule has 0 aromatic carbocycles. The number of unbranched alkanes of at least 4 members (excludes halogenated alkanes) is 20. The molecule has 60 heavy (non-hydrogen) atoms. The summed E-state index contributed by atoms with van der Waals surface area (Å²) in [4.78, 5) is 38.1. The molecule has 1 amide bonds. The Hall–Kier alpha value is -2.57. The van der Waals surface area contributed by atoms with E-state index in [-0.39, 0.29) is 43.0 Å². The summed E-state index contributed by atoms with van der Waals surface area (Å²) in [6.45, 7) is 14.0. The molecule has 0 radical (unpaired) electrons. The minimum absolute atomic E-state index is 0.0346. The van der Waals surface area contributed by atoms with Gasteiger partial charge >= 0.3 is 11.9 Å². The minimum Gasteiger partial charge on any atom is -0.462 e. The van der Waals surface area contributed by atoms with Crippen LogP contribution in [0.1, 0.15) is 221 Å². The zero-order chi connectivity index (χ0) is 44.2. The van der Waals surface area contributed by atoms with Crippen LogP contribution in [0.2, 0.25) is 0 Å². The zero-order valence-electron chi connectivity index (χ0n) is 39.3. The number of aromatic nitrogens is 3. The van der Waals surface area contributed by atoms with Crippen molar-refractivity contribution in [2.24, 2.45) is 0 Å². The number of hydrogen-bond acceptors (Lipinski definition) is 10. The largest absolute Gasteiger partial charge is 0.462 e. The first kappa shape index (κ1) is 55.4. The summed E-state index contributed by atoms with van der Waals surface area (Å²) < 4.78 is 24.7. The maximum atomic E-state index is 12.9. The Morgan fingerprint density at radius 3 is 1.73 bits per heavy atom. The second-order valence-electron chi connectivity index (χ2n) is 18.2. The average Bonchev–Trinajstić information content (AvgIpc) is 3.65. The molecule has 0 aliphatic rings. The van der Waals surface area contributed by atoms with E-state index in [9.17, 15) is 19.5 Å². The van der Waals surface area contributed by atoms with Gasteiger partial charge in [0.05, 0.1) is 36.7 Å². The predicted octanol–water partition coefficient (Wildman–Crippen LogP) is 10.5. The van der Waals surface area contributed by atoms with Crippen LogP contribution in [0, 0.1) is 0 Å². The molecule has 1 unspecified atom stereocenters. The van der Waals surface area contributed by atoms with Crippen LogP contribution in [-0.4, -0.2) is 88.2 Å².